The van der Waals surface area contributed by atoms with Gasteiger partial charge in [0.05, 0.1) is 21.9 Å². The molecule has 7 nitrogen and oxygen atoms in total. The molecule has 30 heavy (non-hydrogen) atoms. The number of pyridine rings is 1. The Hall–Kier alpha value is -2.58. The highest BCUT2D eigenvalue weighted by atomic mass is 32.2. The molecule has 4 rings (SSSR count). The molecule has 1 fully saturated rings. The first-order valence-electron chi connectivity index (χ1n) is 10.2. The Morgan fingerprint density at radius 1 is 1.23 bits per heavy atom. The number of benzene rings is 1. The summed E-state index contributed by atoms with van der Waals surface area (Å²) >= 11 is 0. The zero-order valence-corrected chi connectivity index (χ0v) is 18.0. The third-order valence-electron chi connectivity index (χ3n) is 5.86. The SMILES string of the molecule is CCS(=N)(=O)c1ccc(OC2CCC(O)CC2)c(-c2cn(C)c(=O)c3[nH]ccc23)c1. The van der Waals surface area contributed by atoms with Crippen molar-refractivity contribution in [2.45, 2.75) is 49.7 Å². The molecule has 3 N–H and O–H groups in total. The molecule has 1 saturated carbocycles. The van der Waals surface area contributed by atoms with Crippen molar-refractivity contribution in [3.63, 3.8) is 0 Å². The molecule has 1 aliphatic rings. The lowest BCUT2D eigenvalue weighted by Crippen LogP contribution is -2.26. The van der Waals surface area contributed by atoms with Gasteiger partial charge in [0.1, 0.15) is 11.3 Å². The fourth-order valence-corrected chi connectivity index (χ4v) is 4.95. The first-order chi connectivity index (χ1) is 14.3. The number of rotatable bonds is 5. The minimum absolute atomic E-state index is 0.0150. The molecule has 8 heteroatoms. The molecule has 0 aliphatic heterocycles. The Balaban J connectivity index is 1.88. The van der Waals surface area contributed by atoms with Gasteiger partial charge in [0, 0.05) is 46.6 Å². The highest BCUT2D eigenvalue weighted by molar-refractivity contribution is 7.92. The molecule has 1 unspecified atom stereocenters. The van der Waals surface area contributed by atoms with Crippen LogP contribution in [0.3, 0.4) is 0 Å². The number of nitrogens with one attached hydrogen (secondary N) is 2. The normalized spacial score (nSPS) is 21.4. The fourth-order valence-electron chi connectivity index (χ4n) is 4.02. The highest BCUT2D eigenvalue weighted by Gasteiger charge is 2.23. The number of aryl methyl sites for hydroxylation is 1. The maximum absolute atomic E-state index is 12.7. The van der Waals surface area contributed by atoms with Gasteiger partial charge in [-0.05, 0) is 49.9 Å². The monoisotopic (exact) mass is 429 g/mol. The molecule has 0 radical (unpaired) electrons. The molecule has 0 bridgehead atoms. The number of hydrogen-bond acceptors (Lipinski definition) is 5. The Kier molecular flexibility index (Phi) is 5.46. The number of aromatic nitrogens is 2. The first-order valence-corrected chi connectivity index (χ1v) is 11.9. The largest absolute Gasteiger partial charge is 0.490 e. The Bertz CT molecular complexity index is 1230. The quantitative estimate of drug-likeness (QED) is 0.575. The summed E-state index contributed by atoms with van der Waals surface area (Å²) in [4.78, 5) is 15.9. The minimum atomic E-state index is -2.91. The zero-order valence-electron chi connectivity index (χ0n) is 17.2. The molecule has 0 spiro atoms. The Morgan fingerprint density at radius 2 is 1.97 bits per heavy atom. The molecule has 1 atom stereocenters. The van der Waals surface area contributed by atoms with Crippen LogP contribution >= 0.6 is 0 Å². The van der Waals surface area contributed by atoms with E-state index >= 15 is 0 Å². The van der Waals surface area contributed by atoms with E-state index in [1.807, 2.05) is 6.07 Å². The molecular formula is C22H27N3O4S. The third kappa shape index (κ3) is 3.77. The lowest BCUT2D eigenvalue weighted by molar-refractivity contribution is 0.0668. The summed E-state index contributed by atoms with van der Waals surface area (Å²) in [6.07, 6.45) is 6.13. The van der Waals surface area contributed by atoms with Crippen molar-refractivity contribution in [1.29, 1.82) is 4.78 Å². The van der Waals surface area contributed by atoms with Crippen LogP contribution in [0.1, 0.15) is 32.6 Å². The van der Waals surface area contributed by atoms with Gasteiger partial charge in [-0.2, -0.15) is 0 Å². The Morgan fingerprint density at radius 3 is 2.67 bits per heavy atom. The predicted molar refractivity (Wildman–Crippen MR) is 118 cm³/mol. The molecular weight excluding hydrogens is 402 g/mol. The van der Waals surface area contributed by atoms with Crippen LogP contribution in [0.15, 0.2) is 46.3 Å². The summed E-state index contributed by atoms with van der Waals surface area (Å²) in [7, 11) is -1.22. The van der Waals surface area contributed by atoms with E-state index < -0.39 is 9.73 Å². The van der Waals surface area contributed by atoms with Crippen LogP contribution in [0.25, 0.3) is 22.0 Å². The van der Waals surface area contributed by atoms with Gasteiger partial charge in [-0.15, -0.1) is 0 Å². The van der Waals surface area contributed by atoms with Crippen LogP contribution in [0.4, 0.5) is 0 Å². The summed E-state index contributed by atoms with van der Waals surface area (Å²) in [5.41, 5.74) is 1.87. The molecule has 2 aromatic heterocycles. The van der Waals surface area contributed by atoms with Gasteiger partial charge < -0.3 is 19.4 Å². The van der Waals surface area contributed by atoms with Crippen LogP contribution in [-0.2, 0) is 16.8 Å². The molecule has 0 saturated heterocycles. The molecule has 2 heterocycles. The second-order valence-corrected chi connectivity index (χ2v) is 10.3. The number of hydrogen-bond donors (Lipinski definition) is 3. The van der Waals surface area contributed by atoms with E-state index in [0.717, 1.165) is 23.8 Å². The van der Waals surface area contributed by atoms with E-state index in [4.69, 9.17) is 9.52 Å². The van der Waals surface area contributed by atoms with Crippen LogP contribution in [0.5, 0.6) is 5.75 Å². The predicted octanol–water partition coefficient (Wildman–Crippen LogP) is 3.64. The van der Waals surface area contributed by atoms with Crippen molar-refractivity contribution in [3.05, 3.63) is 47.0 Å². The van der Waals surface area contributed by atoms with Crippen LogP contribution in [0.2, 0.25) is 0 Å². The smallest absolute Gasteiger partial charge is 0.274 e. The van der Waals surface area contributed by atoms with Gasteiger partial charge in [0.15, 0.2) is 0 Å². The highest BCUT2D eigenvalue weighted by Crippen LogP contribution is 2.37. The van der Waals surface area contributed by atoms with E-state index in [2.05, 4.69) is 4.98 Å². The summed E-state index contributed by atoms with van der Waals surface area (Å²) in [5, 5.41) is 10.5. The van der Waals surface area contributed by atoms with Crippen molar-refractivity contribution in [2.24, 2.45) is 7.05 Å². The maximum Gasteiger partial charge on any atom is 0.274 e. The van der Waals surface area contributed by atoms with Crippen molar-refractivity contribution < 1.29 is 14.1 Å². The maximum atomic E-state index is 12.7. The number of aromatic amines is 1. The van der Waals surface area contributed by atoms with Gasteiger partial charge in [-0.25, -0.2) is 8.99 Å². The van der Waals surface area contributed by atoms with Crippen molar-refractivity contribution >= 4 is 20.6 Å². The summed E-state index contributed by atoms with van der Waals surface area (Å²) in [6, 6.07) is 7.09. The molecule has 0 amide bonds. The van der Waals surface area contributed by atoms with E-state index in [0.29, 0.717) is 34.6 Å². The number of aliphatic hydroxyl groups is 1. The van der Waals surface area contributed by atoms with E-state index in [9.17, 15) is 14.1 Å². The van der Waals surface area contributed by atoms with Gasteiger partial charge in [-0.1, -0.05) is 6.92 Å². The summed E-state index contributed by atoms with van der Waals surface area (Å²) < 4.78 is 28.8. The molecule has 1 aromatic carbocycles. The minimum Gasteiger partial charge on any atom is -0.490 e. The summed E-state index contributed by atoms with van der Waals surface area (Å²) in [5.74, 6) is 0.854. The standard InChI is InChI=1S/C22H27N3O4S/c1-3-30(23,28)16-8-9-20(29-15-6-4-14(26)5-7-15)18(12-16)19-13-25(2)22(27)21-17(19)10-11-24-21/h8-15,23-24,26H,3-7H2,1-2H3. The van der Waals surface area contributed by atoms with Crippen LogP contribution in [-0.4, -0.2) is 36.8 Å². The van der Waals surface area contributed by atoms with Gasteiger partial charge in [0.25, 0.3) is 5.56 Å². The summed E-state index contributed by atoms with van der Waals surface area (Å²) in [6.45, 7) is 1.74. The average Bonchev–Trinajstić information content (AvgIpc) is 3.23. The van der Waals surface area contributed by atoms with Crippen LogP contribution < -0.4 is 10.3 Å². The molecule has 1 aliphatic carbocycles. The van der Waals surface area contributed by atoms with Crippen molar-refractivity contribution in [1.82, 2.24) is 9.55 Å². The molecule has 160 valence electrons. The second kappa shape index (κ2) is 7.92. The Labute approximate surface area is 175 Å². The first kappa shape index (κ1) is 20.7. The zero-order chi connectivity index (χ0) is 21.5. The van der Waals surface area contributed by atoms with Crippen LogP contribution in [0, 0.1) is 4.78 Å². The average molecular weight is 430 g/mol. The van der Waals surface area contributed by atoms with E-state index in [1.54, 1.807) is 44.6 Å². The lowest BCUT2D eigenvalue weighted by atomic mass is 9.95. The number of ether oxygens (including phenoxy) is 1. The van der Waals surface area contributed by atoms with Crippen molar-refractivity contribution in [3.8, 4) is 16.9 Å². The lowest BCUT2D eigenvalue weighted by Gasteiger charge is -2.27. The third-order valence-corrected chi connectivity index (χ3v) is 7.69. The number of nitrogens with zero attached hydrogens (tertiary/aromatic N) is 1. The van der Waals surface area contributed by atoms with E-state index in [1.165, 1.54) is 4.57 Å². The van der Waals surface area contributed by atoms with E-state index in [-0.39, 0.29) is 23.5 Å². The van der Waals surface area contributed by atoms with Gasteiger partial charge in [-0.3, -0.25) is 4.79 Å². The number of aliphatic hydroxyl groups excluding tert-OH is 1. The molecule has 3 aromatic rings. The van der Waals surface area contributed by atoms with Gasteiger partial charge in [0.2, 0.25) is 0 Å². The second-order valence-electron chi connectivity index (χ2n) is 7.90. The topological polar surface area (TPSA) is 108 Å². The number of fused-ring (bicyclic) bond motifs is 1. The fraction of sp³-hybridized carbons (Fsp3) is 0.409. The van der Waals surface area contributed by atoms with Gasteiger partial charge >= 0.3 is 0 Å². The number of H-pyrrole nitrogens is 1. The van der Waals surface area contributed by atoms with Crippen molar-refractivity contribution in [2.75, 3.05) is 5.75 Å².